The van der Waals surface area contributed by atoms with E-state index in [0.717, 1.165) is 3.57 Å². The van der Waals surface area contributed by atoms with Crippen LogP contribution in [0.25, 0.3) is 0 Å². The van der Waals surface area contributed by atoms with Gasteiger partial charge in [0.05, 0.1) is 5.56 Å². The molecule has 0 bridgehead atoms. The number of halogens is 1. The van der Waals surface area contributed by atoms with Gasteiger partial charge in [0.2, 0.25) is 0 Å². The Morgan fingerprint density at radius 3 is 2.53 bits per heavy atom. The van der Waals surface area contributed by atoms with Crippen LogP contribution in [-0.4, -0.2) is 28.1 Å². The Labute approximate surface area is 125 Å². The van der Waals surface area contributed by atoms with E-state index in [-0.39, 0.29) is 17.2 Å². The number of carbonyl (C=O) groups is 2. The van der Waals surface area contributed by atoms with E-state index < -0.39 is 17.9 Å². The Morgan fingerprint density at radius 1 is 1.37 bits per heavy atom. The molecule has 104 valence electrons. The molecule has 3 N–H and O–H groups in total. The van der Waals surface area contributed by atoms with Crippen LogP contribution in [0.5, 0.6) is 5.75 Å². The lowest BCUT2D eigenvalue weighted by Crippen LogP contribution is -2.41. The summed E-state index contributed by atoms with van der Waals surface area (Å²) in [6.07, 6.45) is 0.339. The minimum Gasteiger partial charge on any atom is -0.507 e. The van der Waals surface area contributed by atoms with E-state index in [2.05, 4.69) is 5.32 Å². The van der Waals surface area contributed by atoms with Crippen molar-refractivity contribution in [3.05, 3.63) is 27.3 Å². The number of nitrogens with one attached hydrogen (secondary N) is 1. The van der Waals surface area contributed by atoms with Gasteiger partial charge in [0.25, 0.3) is 5.91 Å². The molecule has 0 aliphatic heterocycles. The van der Waals surface area contributed by atoms with Crippen LogP contribution in [0.3, 0.4) is 0 Å². The van der Waals surface area contributed by atoms with E-state index in [1.54, 1.807) is 6.07 Å². The molecule has 0 fully saturated rings. The summed E-state index contributed by atoms with van der Waals surface area (Å²) >= 11 is 2.02. The lowest BCUT2D eigenvalue weighted by Gasteiger charge is -2.16. The fourth-order valence-electron chi connectivity index (χ4n) is 1.62. The number of aliphatic carboxylic acids is 1. The van der Waals surface area contributed by atoms with E-state index in [0.29, 0.717) is 6.42 Å². The largest absolute Gasteiger partial charge is 0.507 e. The second kappa shape index (κ2) is 6.74. The maximum Gasteiger partial charge on any atom is 0.326 e. The topological polar surface area (TPSA) is 86.6 Å². The van der Waals surface area contributed by atoms with Crippen LogP contribution in [-0.2, 0) is 4.79 Å². The van der Waals surface area contributed by atoms with Crippen LogP contribution in [0.4, 0.5) is 0 Å². The molecular formula is C13H16INO4. The third-order valence-electron chi connectivity index (χ3n) is 2.51. The van der Waals surface area contributed by atoms with Crippen molar-refractivity contribution in [2.24, 2.45) is 5.92 Å². The van der Waals surface area contributed by atoms with Gasteiger partial charge in [0.1, 0.15) is 11.8 Å². The van der Waals surface area contributed by atoms with Gasteiger partial charge in [-0.3, -0.25) is 4.79 Å². The van der Waals surface area contributed by atoms with Crippen molar-refractivity contribution in [3.8, 4) is 5.75 Å². The van der Waals surface area contributed by atoms with Gasteiger partial charge in [-0.15, -0.1) is 0 Å². The van der Waals surface area contributed by atoms with Crippen molar-refractivity contribution in [2.45, 2.75) is 26.3 Å². The first kappa shape index (κ1) is 15.7. The number of aromatic hydroxyl groups is 1. The Morgan fingerprint density at radius 2 is 2.00 bits per heavy atom. The monoisotopic (exact) mass is 377 g/mol. The summed E-state index contributed by atoms with van der Waals surface area (Å²) < 4.78 is 0.788. The van der Waals surface area contributed by atoms with Crippen LogP contribution >= 0.6 is 22.6 Å². The molecule has 0 aliphatic rings. The molecule has 1 aromatic carbocycles. The molecule has 1 aromatic rings. The quantitative estimate of drug-likeness (QED) is 0.687. The average Bonchev–Trinajstić information content (AvgIpc) is 2.30. The number of carbonyl (C=O) groups excluding carboxylic acids is 1. The number of benzene rings is 1. The molecule has 5 nitrogen and oxygen atoms in total. The van der Waals surface area contributed by atoms with E-state index >= 15 is 0 Å². The third-order valence-corrected chi connectivity index (χ3v) is 3.18. The van der Waals surface area contributed by atoms with Crippen LogP contribution in [0, 0.1) is 9.49 Å². The number of hydrogen-bond acceptors (Lipinski definition) is 3. The Bertz CT molecular complexity index is 488. The maximum absolute atomic E-state index is 12.0. The van der Waals surface area contributed by atoms with Crippen LogP contribution < -0.4 is 5.32 Å². The van der Waals surface area contributed by atoms with Crippen molar-refractivity contribution in [2.75, 3.05) is 0 Å². The standard InChI is InChI=1S/C13H16INO4/c1-7(2)5-10(13(18)19)15-12(17)9-6-8(14)3-4-11(9)16/h3-4,6-7,10,16H,5H2,1-2H3,(H,15,17)(H,18,19). The molecule has 0 heterocycles. The van der Waals surface area contributed by atoms with Gasteiger partial charge >= 0.3 is 5.97 Å². The molecule has 1 atom stereocenters. The zero-order valence-electron chi connectivity index (χ0n) is 10.7. The number of carboxylic acids is 1. The first-order valence-corrected chi connectivity index (χ1v) is 6.91. The molecule has 19 heavy (non-hydrogen) atoms. The predicted molar refractivity (Wildman–Crippen MR) is 79.2 cm³/mol. The molecule has 1 amide bonds. The van der Waals surface area contributed by atoms with Gasteiger partial charge in [0.15, 0.2) is 0 Å². The van der Waals surface area contributed by atoms with Crippen molar-refractivity contribution >= 4 is 34.5 Å². The molecule has 0 radical (unpaired) electrons. The molecule has 1 unspecified atom stereocenters. The smallest absolute Gasteiger partial charge is 0.326 e. The van der Waals surface area contributed by atoms with Gasteiger partial charge in [-0.2, -0.15) is 0 Å². The number of amides is 1. The lowest BCUT2D eigenvalue weighted by molar-refractivity contribution is -0.139. The number of phenols is 1. The minimum absolute atomic E-state index is 0.0851. The SMILES string of the molecule is CC(C)CC(NC(=O)c1cc(I)ccc1O)C(=O)O. The zero-order valence-corrected chi connectivity index (χ0v) is 12.8. The van der Waals surface area contributed by atoms with E-state index in [1.807, 2.05) is 36.4 Å². The van der Waals surface area contributed by atoms with Gasteiger partial charge in [-0.25, -0.2) is 4.79 Å². The van der Waals surface area contributed by atoms with E-state index in [9.17, 15) is 14.7 Å². The number of hydrogen-bond donors (Lipinski definition) is 3. The van der Waals surface area contributed by atoms with Gasteiger partial charge in [0, 0.05) is 3.57 Å². The van der Waals surface area contributed by atoms with Gasteiger partial charge < -0.3 is 15.5 Å². The normalized spacial score (nSPS) is 12.2. The number of rotatable bonds is 5. The highest BCUT2D eigenvalue weighted by molar-refractivity contribution is 14.1. The summed E-state index contributed by atoms with van der Waals surface area (Å²) in [6, 6.07) is 3.63. The Kier molecular flexibility index (Phi) is 5.59. The molecule has 6 heteroatoms. The molecule has 0 saturated heterocycles. The fourth-order valence-corrected chi connectivity index (χ4v) is 2.11. The highest BCUT2D eigenvalue weighted by atomic mass is 127. The molecular weight excluding hydrogens is 361 g/mol. The summed E-state index contributed by atoms with van der Waals surface area (Å²) in [6.45, 7) is 3.76. The number of phenolic OH excluding ortho intramolecular Hbond substituents is 1. The minimum atomic E-state index is -1.08. The zero-order chi connectivity index (χ0) is 14.6. The highest BCUT2D eigenvalue weighted by Crippen LogP contribution is 2.20. The maximum atomic E-state index is 12.0. The summed E-state index contributed by atoms with van der Waals surface area (Å²) in [5, 5.41) is 21.1. The predicted octanol–water partition coefficient (Wildman–Crippen LogP) is 2.23. The Balaban J connectivity index is 2.87. The summed E-state index contributed by atoms with van der Waals surface area (Å²) in [5.41, 5.74) is 0.0851. The first-order valence-electron chi connectivity index (χ1n) is 5.83. The van der Waals surface area contributed by atoms with Crippen LogP contribution in [0.15, 0.2) is 18.2 Å². The first-order chi connectivity index (χ1) is 8.81. The second-order valence-corrected chi connectivity index (χ2v) is 5.90. The second-order valence-electron chi connectivity index (χ2n) is 4.66. The van der Waals surface area contributed by atoms with Crippen molar-refractivity contribution in [3.63, 3.8) is 0 Å². The Hall–Kier alpha value is -1.31. The van der Waals surface area contributed by atoms with Crippen molar-refractivity contribution in [1.29, 1.82) is 0 Å². The highest BCUT2D eigenvalue weighted by Gasteiger charge is 2.23. The molecule has 0 aromatic heterocycles. The van der Waals surface area contributed by atoms with Crippen molar-refractivity contribution in [1.82, 2.24) is 5.32 Å². The van der Waals surface area contributed by atoms with E-state index in [1.165, 1.54) is 12.1 Å². The van der Waals surface area contributed by atoms with Crippen LogP contribution in [0.2, 0.25) is 0 Å². The van der Waals surface area contributed by atoms with Gasteiger partial charge in [-0.05, 0) is 53.1 Å². The van der Waals surface area contributed by atoms with Gasteiger partial charge in [-0.1, -0.05) is 13.8 Å². The average molecular weight is 377 g/mol. The van der Waals surface area contributed by atoms with E-state index in [4.69, 9.17) is 5.11 Å². The van der Waals surface area contributed by atoms with Crippen molar-refractivity contribution < 1.29 is 19.8 Å². The summed E-state index contributed by atoms with van der Waals surface area (Å²) in [5.74, 6) is -1.67. The fraction of sp³-hybridized carbons (Fsp3) is 0.385. The third kappa shape index (κ3) is 4.70. The molecule has 1 rings (SSSR count). The summed E-state index contributed by atoms with van der Waals surface area (Å²) in [4.78, 5) is 23.1. The number of carboxylic acid groups (broad SMARTS) is 1. The van der Waals surface area contributed by atoms with Crippen LogP contribution in [0.1, 0.15) is 30.6 Å². The molecule has 0 aliphatic carbocycles. The molecule has 0 spiro atoms. The molecule has 0 saturated carbocycles. The summed E-state index contributed by atoms with van der Waals surface area (Å²) in [7, 11) is 0. The lowest BCUT2D eigenvalue weighted by atomic mass is 10.0.